The number of hydrogen-bond donors (Lipinski definition) is 0. The van der Waals surface area contributed by atoms with Crippen molar-refractivity contribution in [3.8, 4) is 0 Å². The van der Waals surface area contributed by atoms with Crippen LogP contribution in [0.15, 0.2) is 48.6 Å². The Morgan fingerprint density at radius 2 is 1.70 bits per heavy atom. The van der Waals surface area contributed by atoms with Crippen LogP contribution in [0.3, 0.4) is 0 Å². The molecular weight excluding hydrogens is 345 g/mol. The van der Waals surface area contributed by atoms with Crippen LogP contribution in [-0.4, -0.2) is 15.4 Å². The summed E-state index contributed by atoms with van der Waals surface area (Å²) in [5.41, 5.74) is 7.12. The van der Waals surface area contributed by atoms with Gasteiger partial charge in [0.25, 0.3) is 0 Å². The number of benzene rings is 1. The molecule has 2 rings (SSSR count). The van der Waals surface area contributed by atoms with Gasteiger partial charge in [-0.2, -0.15) is 6.08 Å². The van der Waals surface area contributed by atoms with E-state index in [4.69, 9.17) is 5.73 Å². The summed E-state index contributed by atoms with van der Waals surface area (Å²) in [6, 6.07) is 8.53. The second kappa shape index (κ2) is 21.0. The normalized spacial score (nSPS) is 9.30. The molecule has 107 valence electrons. The molecule has 1 amide bonds. The Balaban J connectivity index is -0.000000102. The van der Waals surface area contributed by atoms with E-state index in [9.17, 15) is 4.79 Å². The predicted molar refractivity (Wildman–Crippen MR) is 75.5 cm³/mol. The van der Waals surface area contributed by atoms with Crippen LogP contribution in [0.2, 0.25) is 13.1 Å². The van der Waals surface area contributed by atoms with Crippen molar-refractivity contribution in [3.05, 3.63) is 65.9 Å². The quantitative estimate of drug-likeness (QED) is 0.409. The van der Waals surface area contributed by atoms with Gasteiger partial charge in [-0.25, -0.2) is 12.2 Å². The first-order chi connectivity index (χ1) is 8.22. The molecule has 0 atom stereocenters. The van der Waals surface area contributed by atoms with E-state index >= 15 is 0 Å². The molecular formula is C14H18Cl2NOSiTi. The van der Waals surface area contributed by atoms with Gasteiger partial charge < -0.3 is 35.3 Å². The van der Waals surface area contributed by atoms with Gasteiger partial charge >= 0.3 is 21.7 Å². The van der Waals surface area contributed by atoms with E-state index in [0.717, 1.165) is 15.9 Å². The van der Waals surface area contributed by atoms with E-state index in [1.807, 2.05) is 18.2 Å². The van der Waals surface area contributed by atoms with Gasteiger partial charge in [0.2, 0.25) is 0 Å². The molecule has 2 nitrogen and oxygen atoms in total. The van der Waals surface area contributed by atoms with Crippen LogP contribution >= 0.6 is 0 Å². The summed E-state index contributed by atoms with van der Waals surface area (Å²) in [6.45, 7) is 4.42. The van der Waals surface area contributed by atoms with Gasteiger partial charge in [0.05, 0.1) is 5.91 Å². The van der Waals surface area contributed by atoms with Crippen LogP contribution < -0.4 is 24.8 Å². The van der Waals surface area contributed by atoms with E-state index < -0.39 is 5.91 Å². The Morgan fingerprint density at radius 1 is 1.20 bits per heavy atom. The third kappa shape index (κ3) is 17.7. The summed E-state index contributed by atoms with van der Waals surface area (Å²) in [6.07, 6.45) is 10.0. The number of rotatable bonds is 1. The van der Waals surface area contributed by atoms with Crippen LogP contribution in [0.5, 0.6) is 0 Å². The third-order valence-electron chi connectivity index (χ3n) is 1.62. The van der Waals surface area contributed by atoms with Gasteiger partial charge in [-0.1, -0.05) is 43.4 Å². The molecule has 0 unspecified atom stereocenters. The molecule has 0 aliphatic heterocycles. The van der Waals surface area contributed by atoms with Crippen molar-refractivity contribution in [1.82, 2.24) is 0 Å². The zero-order valence-corrected chi connectivity index (χ0v) is 15.8. The molecule has 1 aliphatic rings. The Labute approximate surface area is 151 Å². The summed E-state index contributed by atoms with van der Waals surface area (Å²) >= 11 is 0. The maximum Gasteiger partial charge on any atom is 4.00 e. The van der Waals surface area contributed by atoms with Crippen molar-refractivity contribution in [3.63, 3.8) is 0 Å². The fraction of sp³-hybridized carbons (Fsp3) is 0.214. The van der Waals surface area contributed by atoms with Gasteiger partial charge in [-0.3, -0.25) is 6.08 Å². The van der Waals surface area contributed by atoms with Gasteiger partial charge in [-0.15, -0.1) is 6.42 Å². The van der Waals surface area contributed by atoms with Crippen LogP contribution in [0.25, 0.3) is 5.73 Å². The monoisotopic (exact) mass is 362 g/mol. The molecule has 0 saturated heterocycles. The molecule has 1 aliphatic carbocycles. The minimum absolute atomic E-state index is 0. The molecule has 0 heterocycles. The third-order valence-corrected chi connectivity index (χ3v) is 1.62. The van der Waals surface area contributed by atoms with Crippen LogP contribution in [0.4, 0.5) is 0 Å². The molecule has 1 radical (unpaired) electrons. The van der Waals surface area contributed by atoms with Crippen LogP contribution in [0.1, 0.15) is 16.8 Å². The van der Waals surface area contributed by atoms with Crippen molar-refractivity contribution < 1.29 is 51.3 Å². The maximum absolute atomic E-state index is 10.3. The smallest absolute Gasteiger partial charge is 1.00 e. The molecule has 0 saturated carbocycles. The minimum atomic E-state index is -0.629. The topological polar surface area (TPSA) is 40.9 Å². The maximum atomic E-state index is 10.3. The number of carbonyl (C=O) groups is 1. The molecule has 1 aromatic rings. The summed E-state index contributed by atoms with van der Waals surface area (Å²) in [7, 11) is 0.750. The Bertz CT molecular complexity index is 363. The fourth-order valence-corrected chi connectivity index (χ4v) is 0.930. The number of hydrogen-bond acceptors (Lipinski definition) is 1. The zero-order valence-electron chi connectivity index (χ0n) is 11.6. The molecule has 0 fully saturated rings. The first-order valence-electron chi connectivity index (χ1n) is 5.49. The van der Waals surface area contributed by atoms with E-state index in [-0.39, 0.29) is 46.5 Å². The van der Waals surface area contributed by atoms with E-state index in [1.165, 1.54) is 0 Å². The van der Waals surface area contributed by atoms with Crippen molar-refractivity contribution in [2.75, 3.05) is 0 Å². The molecule has 1 N–H and O–H groups in total. The second-order valence-corrected chi connectivity index (χ2v) is 4.43. The van der Waals surface area contributed by atoms with Crippen LogP contribution in [-0.2, 0) is 21.7 Å². The Hall–Kier alpha value is -0.319. The van der Waals surface area contributed by atoms with Crippen LogP contribution in [0, 0.1) is 6.08 Å². The molecule has 1 aromatic carbocycles. The van der Waals surface area contributed by atoms with Crippen molar-refractivity contribution in [2.24, 2.45) is 0 Å². The SMILES string of the molecule is C[SiH]C.[C-]1=CC=CC1.[Cl-].[Cl-].[NH-]C(=O)c1ccccc1.[Ti+4]. The first-order valence-corrected chi connectivity index (χ1v) is 7.80. The van der Waals surface area contributed by atoms with E-state index in [2.05, 4.69) is 25.2 Å². The van der Waals surface area contributed by atoms with Gasteiger partial charge in [0, 0.05) is 9.52 Å². The molecule has 0 spiro atoms. The molecule has 6 heteroatoms. The van der Waals surface area contributed by atoms with Crippen molar-refractivity contribution >= 4 is 15.4 Å². The largest absolute Gasteiger partial charge is 4.00 e. The number of halogens is 2. The standard InChI is InChI=1S/C7H7NO.C5H5.C2H7Si.2ClH.Ti/c8-7(9)6-4-2-1-3-5-6;1-2-4-5-3-1;1-3-2;;;/h1-5H,(H2,8,9);1-3H,4H2;3H,1-2H3;2*1H;/q;-1;;;;+4/p-3. The van der Waals surface area contributed by atoms with E-state index in [1.54, 1.807) is 24.3 Å². The molecule has 0 bridgehead atoms. The number of amides is 1. The van der Waals surface area contributed by atoms with Gasteiger partial charge in [0.15, 0.2) is 0 Å². The second-order valence-electron chi connectivity index (χ2n) is 3.28. The zero-order chi connectivity index (χ0) is 12.9. The van der Waals surface area contributed by atoms with Crippen molar-refractivity contribution in [1.29, 1.82) is 0 Å². The fourth-order valence-electron chi connectivity index (χ4n) is 0.930. The first kappa shape index (κ1) is 27.9. The number of carbonyl (C=O) groups excluding carboxylic acids is 1. The summed E-state index contributed by atoms with van der Waals surface area (Å²) in [5.74, 6) is -0.629. The molecule has 20 heavy (non-hydrogen) atoms. The number of nitrogens with one attached hydrogen (secondary N) is 1. The minimum Gasteiger partial charge on any atom is -1.00 e. The van der Waals surface area contributed by atoms with Crippen molar-refractivity contribution in [2.45, 2.75) is 19.5 Å². The Morgan fingerprint density at radius 3 is 1.90 bits per heavy atom. The number of allylic oxidation sites excluding steroid dienone is 4. The predicted octanol–water partition coefficient (Wildman–Crippen LogP) is -2.29. The molecule has 0 aromatic heterocycles. The average Bonchev–Trinajstić information content (AvgIpc) is 2.90. The van der Waals surface area contributed by atoms with Gasteiger partial charge in [0.1, 0.15) is 0 Å². The van der Waals surface area contributed by atoms with Gasteiger partial charge in [-0.05, 0) is 5.56 Å². The Kier molecular flexibility index (Phi) is 29.3. The summed E-state index contributed by atoms with van der Waals surface area (Å²) < 4.78 is 0. The average molecular weight is 363 g/mol. The van der Waals surface area contributed by atoms with E-state index in [0.29, 0.717) is 5.56 Å². The summed E-state index contributed by atoms with van der Waals surface area (Å²) in [4.78, 5) is 10.3. The summed E-state index contributed by atoms with van der Waals surface area (Å²) in [5, 5.41) is 0.